The molecule has 21 heavy (non-hydrogen) atoms. The molecule has 1 saturated heterocycles. The monoisotopic (exact) mass is 318 g/mol. The normalized spacial score (nSPS) is 20.4. The van der Waals surface area contributed by atoms with Crippen LogP contribution in [-0.4, -0.2) is 56.8 Å². The van der Waals surface area contributed by atoms with Crippen LogP contribution >= 0.6 is 0 Å². The number of ether oxygens (including phenoxy) is 2. The van der Waals surface area contributed by atoms with Crippen molar-refractivity contribution in [2.75, 3.05) is 26.8 Å². The molecule has 1 aromatic rings. The number of carbonyl (C=O) groups excluding carboxylic acids is 1. The van der Waals surface area contributed by atoms with Gasteiger partial charge in [0.15, 0.2) is 5.76 Å². The highest BCUT2D eigenvalue weighted by Crippen LogP contribution is 2.25. The summed E-state index contributed by atoms with van der Waals surface area (Å²) in [5.74, 6) is -0.180. The molecule has 0 bridgehead atoms. The third-order valence-electron chi connectivity index (χ3n) is 3.29. The molecule has 0 saturated carbocycles. The molecule has 2 rings (SSSR count). The molecule has 1 atom stereocenters. The summed E-state index contributed by atoms with van der Waals surface area (Å²) in [6.45, 7) is 3.69. The van der Waals surface area contributed by atoms with Crippen LogP contribution in [0.4, 0.5) is 0 Å². The van der Waals surface area contributed by atoms with E-state index in [2.05, 4.69) is 9.89 Å². The zero-order valence-corrected chi connectivity index (χ0v) is 13.0. The van der Waals surface area contributed by atoms with E-state index in [1.54, 1.807) is 13.8 Å². The standard InChI is InChI=1S/C12H18N2O6S/c1-8-12(9(2)20-13-8)21(16,17)14-4-5-19-10(7-14)6-11(15)18-3/h10H,4-7H2,1-3H3. The maximum absolute atomic E-state index is 12.6. The number of sulfonamides is 1. The van der Waals surface area contributed by atoms with Gasteiger partial charge < -0.3 is 14.0 Å². The summed E-state index contributed by atoms with van der Waals surface area (Å²) in [6, 6.07) is 0. The SMILES string of the molecule is COC(=O)CC1CN(S(=O)(=O)c2c(C)noc2C)CCO1. The summed E-state index contributed by atoms with van der Waals surface area (Å²) in [5, 5.41) is 3.67. The van der Waals surface area contributed by atoms with Gasteiger partial charge in [-0.2, -0.15) is 4.31 Å². The summed E-state index contributed by atoms with van der Waals surface area (Å²) in [5.41, 5.74) is 0.323. The Morgan fingerprint density at radius 1 is 1.48 bits per heavy atom. The van der Waals surface area contributed by atoms with Crippen molar-refractivity contribution in [3.8, 4) is 0 Å². The van der Waals surface area contributed by atoms with E-state index in [0.29, 0.717) is 5.69 Å². The molecule has 0 aromatic carbocycles. The summed E-state index contributed by atoms with van der Waals surface area (Å²) in [7, 11) is -2.43. The number of aryl methyl sites for hydroxylation is 2. The largest absolute Gasteiger partial charge is 0.469 e. The Balaban J connectivity index is 2.19. The van der Waals surface area contributed by atoms with Gasteiger partial charge in [-0.25, -0.2) is 8.42 Å². The highest BCUT2D eigenvalue weighted by atomic mass is 32.2. The van der Waals surface area contributed by atoms with Crippen LogP contribution in [0.3, 0.4) is 0 Å². The highest BCUT2D eigenvalue weighted by molar-refractivity contribution is 7.89. The molecule has 1 aromatic heterocycles. The second-order valence-corrected chi connectivity index (χ2v) is 6.66. The van der Waals surface area contributed by atoms with Crippen LogP contribution in [-0.2, 0) is 24.3 Å². The van der Waals surface area contributed by atoms with Crippen molar-refractivity contribution in [3.63, 3.8) is 0 Å². The first kappa shape index (κ1) is 15.9. The van der Waals surface area contributed by atoms with Crippen molar-refractivity contribution in [3.05, 3.63) is 11.5 Å². The number of methoxy groups -OCH3 is 1. The van der Waals surface area contributed by atoms with E-state index in [-0.39, 0.29) is 36.8 Å². The average molecular weight is 318 g/mol. The maximum atomic E-state index is 12.6. The van der Waals surface area contributed by atoms with E-state index in [4.69, 9.17) is 9.26 Å². The summed E-state index contributed by atoms with van der Waals surface area (Å²) < 4.78 is 41.5. The number of nitrogens with zero attached hydrogens (tertiary/aromatic N) is 2. The Bertz CT molecular complexity index is 604. The molecular formula is C12H18N2O6S. The van der Waals surface area contributed by atoms with E-state index >= 15 is 0 Å². The van der Waals surface area contributed by atoms with E-state index in [1.165, 1.54) is 11.4 Å². The number of hydrogen-bond donors (Lipinski definition) is 0. The number of carbonyl (C=O) groups is 1. The van der Waals surface area contributed by atoms with E-state index in [0.717, 1.165) is 0 Å². The Morgan fingerprint density at radius 3 is 2.76 bits per heavy atom. The molecule has 8 nitrogen and oxygen atoms in total. The van der Waals surface area contributed by atoms with Crippen LogP contribution in [0.25, 0.3) is 0 Å². The molecule has 0 amide bonds. The van der Waals surface area contributed by atoms with Gasteiger partial charge in [0, 0.05) is 13.1 Å². The molecule has 0 radical (unpaired) electrons. The van der Waals surface area contributed by atoms with Crippen LogP contribution in [0.15, 0.2) is 9.42 Å². The van der Waals surface area contributed by atoms with Gasteiger partial charge in [-0.1, -0.05) is 5.16 Å². The summed E-state index contributed by atoms with van der Waals surface area (Å²) >= 11 is 0. The second kappa shape index (κ2) is 6.12. The zero-order chi connectivity index (χ0) is 15.6. The number of morpholine rings is 1. The van der Waals surface area contributed by atoms with Crippen molar-refractivity contribution in [2.24, 2.45) is 0 Å². The minimum atomic E-state index is -3.71. The van der Waals surface area contributed by atoms with Crippen molar-refractivity contribution >= 4 is 16.0 Å². The number of aromatic nitrogens is 1. The molecular weight excluding hydrogens is 300 g/mol. The summed E-state index contributed by atoms with van der Waals surface area (Å²) in [4.78, 5) is 11.4. The number of hydrogen-bond acceptors (Lipinski definition) is 7. The van der Waals surface area contributed by atoms with Gasteiger partial charge >= 0.3 is 5.97 Å². The maximum Gasteiger partial charge on any atom is 0.308 e. The predicted molar refractivity (Wildman–Crippen MR) is 71.1 cm³/mol. The fraction of sp³-hybridized carbons (Fsp3) is 0.667. The fourth-order valence-electron chi connectivity index (χ4n) is 2.28. The fourth-order valence-corrected chi connectivity index (χ4v) is 4.02. The topological polar surface area (TPSA) is 98.9 Å². The zero-order valence-electron chi connectivity index (χ0n) is 12.2. The molecule has 9 heteroatoms. The molecule has 118 valence electrons. The van der Waals surface area contributed by atoms with Gasteiger partial charge in [0.05, 0.1) is 26.2 Å². The molecule has 1 aliphatic heterocycles. The Labute approximate surface area is 123 Å². The van der Waals surface area contributed by atoms with Gasteiger partial charge in [0.25, 0.3) is 0 Å². The molecule has 1 fully saturated rings. The Kier molecular flexibility index (Phi) is 4.64. The van der Waals surface area contributed by atoms with Gasteiger partial charge in [0.1, 0.15) is 10.6 Å². The molecule has 2 heterocycles. The average Bonchev–Trinajstić information content (AvgIpc) is 2.78. The van der Waals surface area contributed by atoms with Crippen molar-refractivity contribution in [2.45, 2.75) is 31.3 Å². The molecule has 0 aliphatic carbocycles. The van der Waals surface area contributed by atoms with Gasteiger partial charge in [-0.05, 0) is 13.8 Å². The quantitative estimate of drug-likeness (QED) is 0.733. The van der Waals surface area contributed by atoms with E-state index in [1.807, 2.05) is 0 Å². The van der Waals surface area contributed by atoms with Gasteiger partial charge in [0.2, 0.25) is 10.0 Å². The van der Waals surface area contributed by atoms with Crippen LogP contribution < -0.4 is 0 Å². The Morgan fingerprint density at radius 2 is 2.19 bits per heavy atom. The number of rotatable bonds is 4. The van der Waals surface area contributed by atoms with Crippen LogP contribution in [0, 0.1) is 13.8 Å². The summed E-state index contributed by atoms with van der Waals surface area (Å²) in [6.07, 6.45) is -0.495. The first-order valence-electron chi connectivity index (χ1n) is 6.47. The first-order valence-corrected chi connectivity index (χ1v) is 7.91. The molecule has 0 N–H and O–H groups in total. The number of esters is 1. The molecule has 1 aliphatic rings. The lowest BCUT2D eigenvalue weighted by Crippen LogP contribution is -2.46. The lowest BCUT2D eigenvalue weighted by Gasteiger charge is -2.31. The minimum absolute atomic E-state index is 0.0180. The predicted octanol–water partition coefficient (Wildman–Crippen LogP) is 0.244. The smallest absolute Gasteiger partial charge is 0.308 e. The van der Waals surface area contributed by atoms with Crippen LogP contribution in [0.5, 0.6) is 0 Å². The van der Waals surface area contributed by atoms with Crippen LogP contribution in [0.1, 0.15) is 17.9 Å². The van der Waals surface area contributed by atoms with E-state index in [9.17, 15) is 13.2 Å². The van der Waals surface area contributed by atoms with Crippen molar-refractivity contribution in [1.82, 2.24) is 9.46 Å². The lowest BCUT2D eigenvalue weighted by atomic mass is 10.2. The Hall–Kier alpha value is -1.45. The molecule has 0 spiro atoms. The van der Waals surface area contributed by atoms with Gasteiger partial charge in [-0.3, -0.25) is 4.79 Å². The molecule has 1 unspecified atom stereocenters. The third kappa shape index (κ3) is 3.25. The van der Waals surface area contributed by atoms with Crippen molar-refractivity contribution in [1.29, 1.82) is 0 Å². The highest BCUT2D eigenvalue weighted by Gasteiger charge is 2.35. The lowest BCUT2D eigenvalue weighted by molar-refractivity contribution is -0.145. The first-order chi connectivity index (χ1) is 9.86. The van der Waals surface area contributed by atoms with Gasteiger partial charge in [-0.15, -0.1) is 0 Å². The third-order valence-corrected chi connectivity index (χ3v) is 5.40. The minimum Gasteiger partial charge on any atom is -0.469 e. The van der Waals surface area contributed by atoms with Crippen molar-refractivity contribution < 1.29 is 27.2 Å². The van der Waals surface area contributed by atoms with Crippen LogP contribution in [0.2, 0.25) is 0 Å². The van der Waals surface area contributed by atoms with E-state index < -0.39 is 22.1 Å². The second-order valence-electron chi connectivity index (χ2n) is 4.79.